The molecular weight excluding hydrogens is 324 g/mol. The highest BCUT2D eigenvalue weighted by Gasteiger charge is 2.57. The van der Waals surface area contributed by atoms with Crippen molar-refractivity contribution in [2.75, 3.05) is 6.61 Å². The van der Waals surface area contributed by atoms with E-state index < -0.39 is 36.7 Å². The van der Waals surface area contributed by atoms with Gasteiger partial charge in [0.05, 0.1) is 6.61 Å². The molecule has 0 aromatic heterocycles. The van der Waals surface area contributed by atoms with E-state index in [9.17, 15) is 5.11 Å². The molecule has 0 amide bonds. The van der Waals surface area contributed by atoms with Gasteiger partial charge < -0.3 is 28.8 Å². The van der Waals surface area contributed by atoms with Crippen molar-refractivity contribution >= 4 is 6.08 Å². The van der Waals surface area contributed by atoms with Gasteiger partial charge in [-0.1, -0.05) is 36.4 Å². The van der Waals surface area contributed by atoms with Gasteiger partial charge in [-0.2, -0.15) is 0 Å². The number of aliphatic hydroxyl groups is 1. The molecule has 0 spiro atoms. The topological polar surface area (TPSA) is 66.4 Å². The molecule has 0 aliphatic carbocycles. The second-order valence-electron chi connectivity index (χ2n) is 7.20. The van der Waals surface area contributed by atoms with Crippen molar-refractivity contribution < 1.29 is 28.8 Å². The lowest BCUT2D eigenvalue weighted by Crippen LogP contribution is -2.42. The van der Waals surface area contributed by atoms with Crippen LogP contribution in [0.5, 0.6) is 0 Å². The SMILES string of the molecule is C/C(=C\c1ccccc1)[C@H]1OC[C@H]([C@H]2O[C@@H]3OC(C)(C)O[C@@H]3[C@H]2O)O1. The van der Waals surface area contributed by atoms with Crippen LogP contribution >= 0.6 is 0 Å². The van der Waals surface area contributed by atoms with E-state index in [1.807, 2.05) is 43.3 Å². The molecule has 3 heterocycles. The molecule has 0 bridgehead atoms. The number of fused-ring (bicyclic) bond motifs is 1. The van der Waals surface area contributed by atoms with Gasteiger partial charge in [-0.05, 0) is 31.9 Å². The van der Waals surface area contributed by atoms with Gasteiger partial charge in [-0.15, -0.1) is 0 Å². The number of rotatable bonds is 3. The monoisotopic (exact) mass is 348 g/mol. The van der Waals surface area contributed by atoms with Gasteiger partial charge >= 0.3 is 0 Å². The number of hydrogen-bond donors (Lipinski definition) is 1. The molecule has 0 saturated carbocycles. The van der Waals surface area contributed by atoms with Crippen LogP contribution in [0.1, 0.15) is 26.3 Å². The van der Waals surface area contributed by atoms with E-state index >= 15 is 0 Å². The van der Waals surface area contributed by atoms with E-state index in [-0.39, 0.29) is 6.10 Å². The molecule has 6 heteroatoms. The van der Waals surface area contributed by atoms with Crippen molar-refractivity contribution in [2.45, 2.75) is 63.6 Å². The van der Waals surface area contributed by atoms with Crippen LogP contribution in [0.3, 0.4) is 0 Å². The van der Waals surface area contributed by atoms with Crippen LogP contribution in [-0.2, 0) is 23.7 Å². The first kappa shape index (κ1) is 17.1. The summed E-state index contributed by atoms with van der Waals surface area (Å²) in [6.45, 7) is 5.93. The molecule has 3 fully saturated rings. The maximum absolute atomic E-state index is 10.5. The minimum absolute atomic E-state index is 0.356. The largest absolute Gasteiger partial charge is 0.387 e. The standard InChI is InChI=1S/C19H24O6/c1-11(9-12-7-5-4-6-8-12)17-21-10-13(22-17)15-14(20)16-18(23-15)25-19(2,3)24-16/h4-9,13-18,20H,10H2,1-3H3/b11-9+/t13-,14+,15-,16-,17+,18-/m1/s1. The van der Waals surface area contributed by atoms with E-state index in [1.165, 1.54) is 0 Å². The zero-order chi connectivity index (χ0) is 17.6. The van der Waals surface area contributed by atoms with Crippen LogP contribution in [0, 0.1) is 0 Å². The summed E-state index contributed by atoms with van der Waals surface area (Å²) in [6, 6.07) is 10.0. The normalized spacial score (nSPS) is 40.4. The van der Waals surface area contributed by atoms with Crippen molar-refractivity contribution in [3.63, 3.8) is 0 Å². The van der Waals surface area contributed by atoms with Gasteiger partial charge in [-0.3, -0.25) is 0 Å². The number of benzene rings is 1. The Morgan fingerprint density at radius 2 is 1.88 bits per heavy atom. The van der Waals surface area contributed by atoms with Crippen molar-refractivity contribution in [1.29, 1.82) is 0 Å². The van der Waals surface area contributed by atoms with Crippen LogP contribution in [0.25, 0.3) is 6.08 Å². The van der Waals surface area contributed by atoms with Gasteiger partial charge in [0.15, 0.2) is 18.4 Å². The Labute approximate surface area is 147 Å². The maximum Gasteiger partial charge on any atom is 0.190 e. The highest BCUT2D eigenvalue weighted by molar-refractivity contribution is 5.52. The minimum atomic E-state index is -0.808. The first-order chi connectivity index (χ1) is 11.9. The molecule has 6 atom stereocenters. The first-order valence-electron chi connectivity index (χ1n) is 8.62. The molecule has 3 aliphatic heterocycles. The second kappa shape index (κ2) is 6.46. The van der Waals surface area contributed by atoms with E-state index in [4.69, 9.17) is 23.7 Å². The van der Waals surface area contributed by atoms with E-state index in [1.54, 1.807) is 13.8 Å². The Hall–Kier alpha value is -1.28. The van der Waals surface area contributed by atoms with Crippen LogP contribution in [0.4, 0.5) is 0 Å². The summed E-state index contributed by atoms with van der Waals surface area (Å²) < 4.78 is 29.0. The average Bonchev–Trinajstić information content (AvgIpc) is 3.23. The van der Waals surface area contributed by atoms with Crippen LogP contribution < -0.4 is 0 Å². The predicted molar refractivity (Wildman–Crippen MR) is 89.4 cm³/mol. The summed E-state index contributed by atoms with van der Waals surface area (Å²) in [6.07, 6.45) is -1.18. The van der Waals surface area contributed by atoms with E-state index in [0.29, 0.717) is 6.61 Å². The summed E-state index contributed by atoms with van der Waals surface area (Å²) in [7, 11) is 0. The smallest absolute Gasteiger partial charge is 0.190 e. The molecule has 0 radical (unpaired) electrons. The Bertz CT molecular complexity index is 643. The molecule has 1 aromatic carbocycles. The first-order valence-corrected chi connectivity index (χ1v) is 8.62. The van der Waals surface area contributed by atoms with Crippen LogP contribution in [0.15, 0.2) is 35.9 Å². The summed E-state index contributed by atoms with van der Waals surface area (Å²) in [5.74, 6) is -0.744. The maximum atomic E-state index is 10.5. The second-order valence-corrected chi connectivity index (χ2v) is 7.20. The molecule has 3 aliphatic rings. The third kappa shape index (κ3) is 3.38. The molecular formula is C19H24O6. The highest BCUT2D eigenvalue weighted by Crippen LogP contribution is 2.40. The minimum Gasteiger partial charge on any atom is -0.387 e. The lowest BCUT2D eigenvalue weighted by atomic mass is 10.1. The van der Waals surface area contributed by atoms with Gasteiger partial charge in [-0.25, -0.2) is 0 Å². The number of hydrogen-bond acceptors (Lipinski definition) is 6. The molecule has 25 heavy (non-hydrogen) atoms. The number of ether oxygens (including phenoxy) is 5. The van der Waals surface area contributed by atoms with Crippen molar-refractivity contribution in [1.82, 2.24) is 0 Å². The quantitative estimate of drug-likeness (QED) is 0.902. The predicted octanol–water partition coefficient (Wildman–Crippen LogP) is 2.07. The summed E-state index contributed by atoms with van der Waals surface area (Å²) in [5.41, 5.74) is 2.06. The Balaban J connectivity index is 1.39. The van der Waals surface area contributed by atoms with Gasteiger partial charge in [0.1, 0.15) is 24.4 Å². The summed E-state index contributed by atoms with van der Waals surface area (Å²) >= 11 is 0. The average molecular weight is 348 g/mol. The third-order valence-corrected chi connectivity index (χ3v) is 4.69. The Morgan fingerprint density at radius 1 is 1.12 bits per heavy atom. The van der Waals surface area contributed by atoms with Crippen molar-refractivity contribution in [2.24, 2.45) is 0 Å². The van der Waals surface area contributed by atoms with E-state index in [2.05, 4.69) is 0 Å². The van der Waals surface area contributed by atoms with Gasteiger partial charge in [0, 0.05) is 0 Å². The Kier molecular flexibility index (Phi) is 4.43. The fourth-order valence-corrected chi connectivity index (χ4v) is 3.53. The number of aliphatic hydroxyl groups excluding tert-OH is 1. The fourth-order valence-electron chi connectivity index (χ4n) is 3.53. The van der Waals surface area contributed by atoms with Crippen molar-refractivity contribution in [3.05, 3.63) is 41.5 Å². The molecule has 136 valence electrons. The molecule has 4 rings (SSSR count). The van der Waals surface area contributed by atoms with Crippen LogP contribution in [0.2, 0.25) is 0 Å². The van der Waals surface area contributed by atoms with Gasteiger partial charge in [0.25, 0.3) is 0 Å². The molecule has 6 nitrogen and oxygen atoms in total. The van der Waals surface area contributed by atoms with Crippen molar-refractivity contribution in [3.8, 4) is 0 Å². The third-order valence-electron chi connectivity index (χ3n) is 4.69. The van der Waals surface area contributed by atoms with Gasteiger partial charge in [0.2, 0.25) is 0 Å². The molecule has 0 unspecified atom stereocenters. The highest BCUT2D eigenvalue weighted by atomic mass is 16.8. The fraction of sp³-hybridized carbons (Fsp3) is 0.579. The zero-order valence-electron chi connectivity index (χ0n) is 14.6. The lowest BCUT2D eigenvalue weighted by Gasteiger charge is -2.25. The summed E-state index contributed by atoms with van der Waals surface area (Å²) in [4.78, 5) is 0. The molecule has 1 N–H and O–H groups in total. The zero-order valence-corrected chi connectivity index (χ0v) is 14.6. The lowest BCUT2D eigenvalue weighted by molar-refractivity contribution is -0.226. The van der Waals surface area contributed by atoms with E-state index in [0.717, 1.165) is 11.1 Å². The molecule has 3 saturated heterocycles. The summed E-state index contributed by atoms with van der Waals surface area (Å²) in [5, 5.41) is 10.5. The Morgan fingerprint density at radius 3 is 2.60 bits per heavy atom. The molecule has 1 aromatic rings. The van der Waals surface area contributed by atoms with Crippen LogP contribution in [-0.4, -0.2) is 54.5 Å².